The lowest BCUT2D eigenvalue weighted by atomic mass is 9.89. The van der Waals surface area contributed by atoms with Gasteiger partial charge in [0, 0.05) is 18.5 Å². The van der Waals surface area contributed by atoms with E-state index in [-0.39, 0.29) is 24.0 Å². The summed E-state index contributed by atoms with van der Waals surface area (Å²) in [5, 5.41) is 0. The molecule has 1 aromatic carbocycles. The molecular formula is C15H21BrN2O2. The lowest BCUT2D eigenvalue weighted by Crippen LogP contribution is -2.51. The number of amides is 1. The number of piperidine rings is 1. The van der Waals surface area contributed by atoms with E-state index < -0.39 is 0 Å². The maximum Gasteiger partial charge on any atom is 0.223 e. The summed E-state index contributed by atoms with van der Waals surface area (Å²) in [6, 6.07) is 5.93. The van der Waals surface area contributed by atoms with Crippen LogP contribution < -0.4 is 10.5 Å². The lowest BCUT2D eigenvalue weighted by molar-refractivity contribution is -0.139. The average molecular weight is 341 g/mol. The molecule has 1 aliphatic rings. The molecule has 5 heteroatoms. The number of ether oxygens (including phenoxy) is 1. The van der Waals surface area contributed by atoms with Crippen molar-refractivity contribution in [3.8, 4) is 5.75 Å². The number of nitrogens with zero attached hydrogens (tertiary/aromatic N) is 1. The number of likely N-dealkylation sites (tertiary alicyclic amines) is 1. The van der Waals surface area contributed by atoms with E-state index >= 15 is 0 Å². The van der Waals surface area contributed by atoms with E-state index in [1.165, 1.54) is 0 Å². The Hall–Kier alpha value is -1.07. The molecular weight excluding hydrogens is 320 g/mol. The first-order valence-corrected chi connectivity index (χ1v) is 7.65. The third kappa shape index (κ3) is 2.83. The summed E-state index contributed by atoms with van der Waals surface area (Å²) >= 11 is 3.50. The molecule has 2 N–H and O–H groups in total. The fourth-order valence-electron chi connectivity index (χ4n) is 2.82. The molecule has 1 aromatic rings. The molecule has 1 saturated heterocycles. The Morgan fingerprint density at radius 3 is 2.70 bits per heavy atom. The van der Waals surface area contributed by atoms with Gasteiger partial charge in [0.05, 0.1) is 17.6 Å². The molecule has 0 aliphatic carbocycles. The van der Waals surface area contributed by atoms with Crippen molar-refractivity contribution in [2.45, 2.75) is 44.8 Å². The van der Waals surface area contributed by atoms with Gasteiger partial charge in [0.1, 0.15) is 5.75 Å². The minimum absolute atomic E-state index is 0.0320. The van der Waals surface area contributed by atoms with Gasteiger partial charge in [0.25, 0.3) is 0 Å². The van der Waals surface area contributed by atoms with Crippen LogP contribution in [0.15, 0.2) is 22.7 Å². The van der Waals surface area contributed by atoms with Crippen LogP contribution in [-0.4, -0.2) is 30.0 Å². The van der Waals surface area contributed by atoms with Gasteiger partial charge >= 0.3 is 0 Å². The Morgan fingerprint density at radius 1 is 1.45 bits per heavy atom. The molecule has 1 fully saturated rings. The average Bonchev–Trinajstić information content (AvgIpc) is 2.40. The largest absolute Gasteiger partial charge is 0.496 e. The van der Waals surface area contributed by atoms with Crippen LogP contribution in [-0.2, 0) is 4.79 Å². The molecule has 2 rings (SSSR count). The minimum Gasteiger partial charge on any atom is -0.496 e. The number of carbonyl (C=O) groups excluding carboxylic acids is 1. The highest BCUT2D eigenvalue weighted by Gasteiger charge is 2.36. The Morgan fingerprint density at radius 2 is 2.15 bits per heavy atom. The van der Waals surface area contributed by atoms with Crippen LogP contribution in [0.2, 0.25) is 0 Å². The highest BCUT2D eigenvalue weighted by molar-refractivity contribution is 9.10. The summed E-state index contributed by atoms with van der Waals surface area (Å²) in [4.78, 5) is 14.1. The van der Waals surface area contributed by atoms with Gasteiger partial charge in [-0.2, -0.15) is 0 Å². The van der Waals surface area contributed by atoms with E-state index in [4.69, 9.17) is 10.5 Å². The molecule has 2 unspecified atom stereocenters. The van der Waals surface area contributed by atoms with Crippen LogP contribution in [0.25, 0.3) is 0 Å². The predicted molar refractivity (Wildman–Crippen MR) is 82.6 cm³/mol. The normalized spacial score (nSPS) is 23.3. The molecule has 0 saturated carbocycles. The Kier molecular flexibility index (Phi) is 4.70. The van der Waals surface area contributed by atoms with E-state index in [0.29, 0.717) is 6.42 Å². The first-order chi connectivity index (χ1) is 9.45. The van der Waals surface area contributed by atoms with Crippen LogP contribution in [0.3, 0.4) is 0 Å². The van der Waals surface area contributed by atoms with Crippen molar-refractivity contribution in [3.05, 3.63) is 28.2 Å². The Labute approximate surface area is 128 Å². The first-order valence-electron chi connectivity index (χ1n) is 6.86. The second kappa shape index (κ2) is 6.14. The van der Waals surface area contributed by atoms with Crippen LogP contribution >= 0.6 is 15.9 Å². The second-order valence-corrected chi connectivity index (χ2v) is 6.29. The smallest absolute Gasteiger partial charge is 0.223 e. The summed E-state index contributed by atoms with van der Waals surface area (Å²) in [5.41, 5.74) is 7.33. The zero-order valence-electron chi connectivity index (χ0n) is 12.1. The van der Waals surface area contributed by atoms with Crippen LogP contribution in [0.1, 0.15) is 38.3 Å². The molecule has 1 aliphatic heterocycles. The van der Waals surface area contributed by atoms with Crippen molar-refractivity contribution in [2.75, 3.05) is 7.11 Å². The molecule has 1 heterocycles. The summed E-state index contributed by atoms with van der Waals surface area (Å²) in [5.74, 6) is 0.958. The predicted octanol–water partition coefficient (Wildman–Crippen LogP) is 2.86. The zero-order valence-corrected chi connectivity index (χ0v) is 13.7. The molecule has 2 atom stereocenters. The fourth-order valence-corrected chi connectivity index (χ4v) is 3.38. The third-order valence-electron chi connectivity index (χ3n) is 3.76. The van der Waals surface area contributed by atoms with E-state index in [1.807, 2.05) is 36.9 Å². The van der Waals surface area contributed by atoms with Gasteiger partial charge in [-0.25, -0.2) is 0 Å². The lowest BCUT2D eigenvalue weighted by Gasteiger charge is -2.42. The molecule has 4 nitrogen and oxygen atoms in total. The van der Waals surface area contributed by atoms with Crippen molar-refractivity contribution in [1.29, 1.82) is 0 Å². The molecule has 0 bridgehead atoms. The maximum absolute atomic E-state index is 12.2. The summed E-state index contributed by atoms with van der Waals surface area (Å²) in [7, 11) is 1.63. The van der Waals surface area contributed by atoms with Crippen LogP contribution in [0.5, 0.6) is 5.75 Å². The first kappa shape index (κ1) is 15.3. The number of benzene rings is 1. The number of halogens is 1. The van der Waals surface area contributed by atoms with E-state index in [1.54, 1.807) is 7.11 Å². The highest BCUT2D eigenvalue weighted by atomic mass is 79.9. The van der Waals surface area contributed by atoms with Crippen molar-refractivity contribution in [2.24, 2.45) is 5.73 Å². The minimum atomic E-state index is -0.0709. The van der Waals surface area contributed by atoms with Gasteiger partial charge in [-0.05, 0) is 53.9 Å². The van der Waals surface area contributed by atoms with Crippen molar-refractivity contribution in [1.82, 2.24) is 4.90 Å². The summed E-state index contributed by atoms with van der Waals surface area (Å²) in [6.45, 7) is 4.06. The summed E-state index contributed by atoms with van der Waals surface area (Å²) in [6.07, 6.45) is 1.27. The number of hydrogen-bond donors (Lipinski definition) is 1. The van der Waals surface area contributed by atoms with Gasteiger partial charge in [-0.1, -0.05) is 6.07 Å². The van der Waals surface area contributed by atoms with Crippen molar-refractivity contribution in [3.63, 3.8) is 0 Å². The summed E-state index contributed by atoms with van der Waals surface area (Å²) < 4.78 is 6.13. The van der Waals surface area contributed by atoms with Crippen molar-refractivity contribution >= 4 is 21.8 Å². The topological polar surface area (TPSA) is 55.6 Å². The third-order valence-corrected chi connectivity index (χ3v) is 4.38. The number of hydrogen-bond acceptors (Lipinski definition) is 3. The molecule has 1 amide bonds. The second-order valence-electron chi connectivity index (χ2n) is 5.44. The number of carbonyl (C=O) groups is 1. The molecule has 110 valence electrons. The number of methoxy groups -OCH3 is 1. The Bertz CT molecular complexity index is 505. The van der Waals surface area contributed by atoms with Crippen molar-refractivity contribution < 1.29 is 9.53 Å². The molecule has 0 aromatic heterocycles. The van der Waals surface area contributed by atoms with Gasteiger partial charge in [-0.15, -0.1) is 0 Å². The molecule has 20 heavy (non-hydrogen) atoms. The number of rotatable bonds is 3. The fraction of sp³-hybridized carbons (Fsp3) is 0.533. The van der Waals surface area contributed by atoms with Gasteiger partial charge < -0.3 is 15.4 Å². The molecule has 0 radical (unpaired) electrons. The van der Waals surface area contributed by atoms with Gasteiger partial charge in [0.2, 0.25) is 5.91 Å². The molecule has 0 spiro atoms. The monoisotopic (exact) mass is 340 g/mol. The van der Waals surface area contributed by atoms with Gasteiger partial charge in [0.15, 0.2) is 0 Å². The standard InChI is InChI=1S/C15H21BrN2O2/c1-9(2)18-14(19)7-5-12(17)15(18)10-4-6-13(20-3)11(16)8-10/h4,6,8-9,12,15H,5,7,17H2,1-3H3. The van der Waals surface area contributed by atoms with Crippen LogP contribution in [0, 0.1) is 0 Å². The van der Waals surface area contributed by atoms with Crippen LogP contribution in [0.4, 0.5) is 0 Å². The maximum atomic E-state index is 12.2. The van der Waals surface area contributed by atoms with E-state index in [2.05, 4.69) is 15.9 Å². The zero-order chi connectivity index (χ0) is 14.9. The quantitative estimate of drug-likeness (QED) is 0.920. The Balaban J connectivity index is 2.40. The van der Waals surface area contributed by atoms with Gasteiger partial charge in [-0.3, -0.25) is 4.79 Å². The van der Waals surface area contributed by atoms with E-state index in [0.717, 1.165) is 22.2 Å². The highest BCUT2D eigenvalue weighted by Crippen LogP contribution is 2.36. The van der Waals surface area contributed by atoms with E-state index in [9.17, 15) is 4.79 Å². The SMILES string of the molecule is COc1ccc(C2C(N)CCC(=O)N2C(C)C)cc1Br. The number of nitrogens with two attached hydrogens (primary N) is 1.